The topological polar surface area (TPSA) is 84.0 Å². The molecule has 178 valence electrons. The van der Waals surface area contributed by atoms with Gasteiger partial charge in [-0.05, 0) is 62.1 Å². The van der Waals surface area contributed by atoms with Crippen LogP contribution in [-0.4, -0.2) is 57.9 Å². The van der Waals surface area contributed by atoms with Gasteiger partial charge in [-0.1, -0.05) is 25.0 Å². The summed E-state index contributed by atoms with van der Waals surface area (Å²) in [5.74, 6) is 0.766. The molecule has 0 aromatic heterocycles. The van der Waals surface area contributed by atoms with Gasteiger partial charge in [0.1, 0.15) is 0 Å². The van der Waals surface area contributed by atoms with Crippen LogP contribution in [0.25, 0.3) is 0 Å². The Bertz CT molecular complexity index is 740. The lowest BCUT2D eigenvalue weighted by atomic mass is 9.83. The van der Waals surface area contributed by atoms with E-state index in [-0.39, 0.29) is 12.0 Å². The van der Waals surface area contributed by atoms with Crippen LogP contribution in [0.1, 0.15) is 67.8 Å². The molecule has 3 rings (SSSR count). The van der Waals surface area contributed by atoms with Crippen LogP contribution in [0.5, 0.6) is 0 Å². The van der Waals surface area contributed by atoms with Crippen molar-refractivity contribution in [1.82, 2.24) is 16.0 Å². The second-order valence-corrected chi connectivity index (χ2v) is 9.04. The number of rotatable bonds is 11. The number of aliphatic imine (C=N–C) groups is 1. The average Bonchev–Trinajstić information content (AvgIpc) is 3.51. The van der Waals surface area contributed by atoms with Crippen molar-refractivity contribution in [3.05, 3.63) is 35.4 Å². The molecule has 0 radical (unpaired) electrons. The molecule has 1 aliphatic heterocycles. The Balaban J connectivity index is 1.55. The minimum Gasteiger partial charge on any atom is -0.385 e. The maximum Gasteiger partial charge on any atom is 0.251 e. The van der Waals surface area contributed by atoms with Crippen LogP contribution in [0.15, 0.2) is 29.3 Å². The zero-order valence-corrected chi connectivity index (χ0v) is 19.8. The lowest BCUT2D eigenvalue weighted by molar-refractivity contribution is 0.0857. The number of guanidine groups is 1. The number of methoxy groups -OCH3 is 1. The van der Waals surface area contributed by atoms with Crippen molar-refractivity contribution in [2.24, 2.45) is 10.4 Å². The van der Waals surface area contributed by atoms with Crippen molar-refractivity contribution in [3.8, 4) is 0 Å². The number of carbonyl (C=O) groups is 1. The average molecular weight is 445 g/mol. The molecule has 0 bridgehead atoms. The number of hydrogen-bond donors (Lipinski definition) is 3. The van der Waals surface area contributed by atoms with Crippen LogP contribution in [-0.2, 0) is 16.0 Å². The second kappa shape index (κ2) is 12.8. The Hall–Kier alpha value is -2.12. The van der Waals surface area contributed by atoms with Crippen LogP contribution in [0.2, 0.25) is 0 Å². The Morgan fingerprint density at radius 2 is 2.06 bits per heavy atom. The molecule has 1 aliphatic carbocycles. The normalized spacial score (nSPS) is 20.3. The molecule has 1 aromatic rings. The maximum absolute atomic E-state index is 12.5. The fourth-order valence-corrected chi connectivity index (χ4v) is 4.67. The van der Waals surface area contributed by atoms with E-state index in [1.807, 2.05) is 24.3 Å². The van der Waals surface area contributed by atoms with Gasteiger partial charge in [-0.25, -0.2) is 4.99 Å². The highest BCUT2D eigenvalue weighted by atomic mass is 16.5. The molecule has 1 amide bonds. The summed E-state index contributed by atoms with van der Waals surface area (Å²) in [6.45, 7) is 6.48. The van der Waals surface area contributed by atoms with E-state index in [9.17, 15) is 4.79 Å². The van der Waals surface area contributed by atoms with Crippen LogP contribution in [0.4, 0.5) is 0 Å². The van der Waals surface area contributed by atoms with E-state index in [4.69, 9.17) is 14.5 Å². The van der Waals surface area contributed by atoms with Crippen molar-refractivity contribution in [2.75, 3.05) is 40.0 Å². The third kappa shape index (κ3) is 7.48. The highest BCUT2D eigenvalue weighted by Crippen LogP contribution is 2.40. The SMILES string of the molecule is CCNC(=NCc1cccc(C(=O)NCC2CCCO2)c1)NCC1(CCOC)CCCC1. The zero-order chi connectivity index (χ0) is 22.7. The van der Waals surface area contributed by atoms with Crippen molar-refractivity contribution >= 4 is 11.9 Å². The van der Waals surface area contributed by atoms with Crippen molar-refractivity contribution in [1.29, 1.82) is 0 Å². The summed E-state index contributed by atoms with van der Waals surface area (Å²) >= 11 is 0. The summed E-state index contributed by atoms with van der Waals surface area (Å²) in [4.78, 5) is 17.3. The number of ether oxygens (including phenoxy) is 2. The lowest BCUT2D eigenvalue weighted by Crippen LogP contribution is -2.43. The summed E-state index contributed by atoms with van der Waals surface area (Å²) in [5, 5.41) is 9.91. The Kier molecular flexibility index (Phi) is 9.81. The molecule has 1 aromatic carbocycles. The van der Waals surface area contributed by atoms with Gasteiger partial charge >= 0.3 is 0 Å². The molecule has 32 heavy (non-hydrogen) atoms. The fraction of sp³-hybridized carbons (Fsp3) is 0.680. The second-order valence-electron chi connectivity index (χ2n) is 9.04. The van der Waals surface area contributed by atoms with Gasteiger partial charge in [0.05, 0.1) is 12.6 Å². The number of nitrogens with zero attached hydrogens (tertiary/aromatic N) is 1. The number of benzene rings is 1. The molecule has 1 heterocycles. The fourth-order valence-electron chi connectivity index (χ4n) is 4.67. The lowest BCUT2D eigenvalue weighted by Gasteiger charge is -2.30. The molecule has 1 saturated carbocycles. The van der Waals surface area contributed by atoms with Crippen molar-refractivity contribution in [2.45, 2.75) is 64.5 Å². The van der Waals surface area contributed by atoms with E-state index in [0.717, 1.165) is 57.1 Å². The first kappa shape index (κ1) is 24.5. The molecular formula is C25H40N4O3. The molecule has 1 atom stereocenters. The minimum atomic E-state index is -0.0577. The van der Waals surface area contributed by atoms with Gasteiger partial charge in [-0.2, -0.15) is 0 Å². The molecular weight excluding hydrogens is 404 g/mol. The first-order chi connectivity index (χ1) is 15.6. The maximum atomic E-state index is 12.5. The standard InChI is InChI=1S/C25H40N4O3/c1-3-26-24(29-19-25(13-15-31-2)11-4-5-12-25)28-17-20-8-6-9-21(16-20)23(30)27-18-22-10-7-14-32-22/h6,8-9,16,22H,3-5,7,10-15,17-19H2,1-2H3,(H,27,30)(H2,26,28,29). The van der Waals surface area contributed by atoms with E-state index in [1.165, 1.54) is 25.7 Å². The molecule has 3 N–H and O–H groups in total. The summed E-state index contributed by atoms with van der Waals surface area (Å²) < 4.78 is 10.9. The van der Waals surface area contributed by atoms with Gasteiger partial charge in [0.25, 0.3) is 5.91 Å². The van der Waals surface area contributed by atoms with Crippen LogP contribution >= 0.6 is 0 Å². The third-order valence-electron chi connectivity index (χ3n) is 6.60. The zero-order valence-electron chi connectivity index (χ0n) is 19.8. The van der Waals surface area contributed by atoms with Gasteiger partial charge in [0.2, 0.25) is 0 Å². The quantitative estimate of drug-likeness (QED) is 0.360. The van der Waals surface area contributed by atoms with E-state index >= 15 is 0 Å². The summed E-state index contributed by atoms with van der Waals surface area (Å²) in [6.07, 6.45) is 8.39. The van der Waals surface area contributed by atoms with Crippen LogP contribution < -0.4 is 16.0 Å². The molecule has 2 fully saturated rings. The van der Waals surface area contributed by atoms with E-state index < -0.39 is 0 Å². The third-order valence-corrected chi connectivity index (χ3v) is 6.60. The largest absolute Gasteiger partial charge is 0.385 e. The number of amides is 1. The van der Waals surface area contributed by atoms with Gasteiger partial charge in [-0.3, -0.25) is 4.79 Å². The Labute approximate surface area is 192 Å². The number of nitrogens with one attached hydrogen (secondary N) is 3. The number of carbonyl (C=O) groups excluding carboxylic acids is 1. The highest BCUT2D eigenvalue weighted by molar-refractivity contribution is 5.94. The molecule has 2 aliphatic rings. The molecule has 1 unspecified atom stereocenters. The smallest absolute Gasteiger partial charge is 0.251 e. The number of hydrogen-bond acceptors (Lipinski definition) is 4. The van der Waals surface area contributed by atoms with Gasteiger partial charge in [-0.15, -0.1) is 0 Å². The Morgan fingerprint density at radius 3 is 2.78 bits per heavy atom. The summed E-state index contributed by atoms with van der Waals surface area (Å²) in [6, 6.07) is 7.71. The predicted octanol–water partition coefficient (Wildman–Crippen LogP) is 3.25. The van der Waals surface area contributed by atoms with Gasteiger partial charge in [0.15, 0.2) is 5.96 Å². The predicted molar refractivity (Wildman–Crippen MR) is 128 cm³/mol. The van der Waals surface area contributed by atoms with Gasteiger partial charge < -0.3 is 25.4 Å². The Morgan fingerprint density at radius 1 is 1.22 bits per heavy atom. The minimum absolute atomic E-state index is 0.0577. The van der Waals surface area contributed by atoms with Crippen molar-refractivity contribution in [3.63, 3.8) is 0 Å². The first-order valence-electron chi connectivity index (χ1n) is 12.1. The summed E-state index contributed by atoms with van der Waals surface area (Å²) in [7, 11) is 1.78. The van der Waals surface area contributed by atoms with Crippen molar-refractivity contribution < 1.29 is 14.3 Å². The van der Waals surface area contributed by atoms with E-state index in [0.29, 0.717) is 24.1 Å². The van der Waals surface area contributed by atoms with Crippen LogP contribution in [0, 0.1) is 5.41 Å². The molecule has 7 heteroatoms. The summed E-state index contributed by atoms with van der Waals surface area (Å²) in [5.41, 5.74) is 1.98. The van der Waals surface area contributed by atoms with Gasteiger partial charge in [0, 0.05) is 45.5 Å². The monoisotopic (exact) mass is 444 g/mol. The first-order valence-corrected chi connectivity index (χ1v) is 12.1. The highest BCUT2D eigenvalue weighted by Gasteiger charge is 2.33. The molecule has 0 spiro atoms. The van der Waals surface area contributed by atoms with E-state index in [1.54, 1.807) is 7.11 Å². The van der Waals surface area contributed by atoms with E-state index in [2.05, 4.69) is 22.9 Å². The molecule has 7 nitrogen and oxygen atoms in total. The molecule has 1 saturated heterocycles. The van der Waals surface area contributed by atoms with Crippen LogP contribution in [0.3, 0.4) is 0 Å².